The van der Waals surface area contributed by atoms with Crippen LogP contribution in [0.5, 0.6) is 5.75 Å². The minimum atomic E-state index is -0.340. The lowest BCUT2D eigenvalue weighted by atomic mass is 10.2. The van der Waals surface area contributed by atoms with E-state index in [9.17, 15) is 9.59 Å². The third-order valence-electron chi connectivity index (χ3n) is 3.07. The molecule has 2 aromatic rings. The van der Waals surface area contributed by atoms with Crippen LogP contribution in [0.4, 0.5) is 5.69 Å². The summed E-state index contributed by atoms with van der Waals surface area (Å²) in [6.45, 7) is -0.155. The number of halogens is 2. The first kappa shape index (κ1) is 18.1. The topological polar surface area (TPSA) is 58.6 Å². The molecule has 5 nitrogen and oxygen atoms in total. The molecule has 0 radical (unpaired) electrons. The molecule has 0 saturated carbocycles. The molecule has 0 unspecified atom stereocenters. The van der Waals surface area contributed by atoms with Gasteiger partial charge in [0, 0.05) is 24.8 Å². The van der Waals surface area contributed by atoms with Crippen LogP contribution < -0.4 is 10.1 Å². The minimum Gasteiger partial charge on any atom is -0.484 e. The summed E-state index contributed by atoms with van der Waals surface area (Å²) in [4.78, 5) is 25.2. The van der Waals surface area contributed by atoms with Gasteiger partial charge in [0.2, 0.25) is 0 Å². The lowest BCUT2D eigenvalue weighted by Crippen LogP contribution is -2.22. The highest BCUT2D eigenvalue weighted by Crippen LogP contribution is 2.22. The van der Waals surface area contributed by atoms with Gasteiger partial charge in [-0.25, -0.2) is 0 Å². The summed E-state index contributed by atoms with van der Waals surface area (Å²) in [5.74, 6) is -0.00355. The number of hydrogen-bond donors (Lipinski definition) is 1. The zero-order valence-electron chi connectivity index (χ0n) is 13.2. The molecule has 0 spiro atoms. The van der Waals surface area contributed by atoms with E-state index >= 15 is 0 Å². The highest BCUT2D eigenvalue weighted by atomic mass is 35.5. The Morgan fingerprint density at radius 2 is 1.75 bits per heavy atom. The fraction of sp³-hybridized carbons (Fsp3) is 0.176. The number of amides is 2. The maximum atomic E-state index is 11.9. The average Bonchev–Trinajstić information content (AvgIpc) is 2.54. The molecule has 0 saturated heterocycles. The van der Waals surface area contributed by atoms with E-state index in [4.69, 9.17) is 27.9 Å². The monoisotopic (exact) mass is 366 g/mol. The Labute approximate surface area is 150 Å². The summed E-state index contributed by atoms with van der Waals surface area (Å²) >= 11 is 11.9. The Balaban J connectivity index is 1.95. The van der Waals surface area contributed by atoms with Crippen molar-refractivity contribution < 1.29 is 14.3 Å². The second-order valence-corrected chi connectivity index (χ2v) is 6.03. The molecule has 0 aromatic heterocycles. The van der Waals surface area contributed by atoms with Crippen LogP contribution in [0.25, 0.3) is 0 Å². The molecular formula is C17H16Cl2N2O3. The normalized spacial score (nSPS) is 10.2. The third-order valence-corrected chi connectivity index (χ3v) is 3.64. The molecular weight excluding hydrogens is 351 g/mol. The molecule has 0 aliphatic rings. The predicted molar refractivity (Wildman–Crippen MR) is 95.0 cm³/mol. The van der Waals surface area contributed by atoms with E-state index in [0.29, 0.717) is 22.0 Å². The Morgan fingerprint density at radius 1 is 1.08 bits per heavy atom. The number of benzene rings is 2. The maximum absolute atomic E-state index is 11.9. The molecule has 0 fully saturated rings. The van der Waals surface area contributed by atoms with Gasteiger partial charge in [-0.2, -0.15) is 0 Å². The summed E-state index contributed by atoms with van der Waals surface area (Å²) in [6.07, 6.45) is 0. The number of carbonyl (C=O) groups is 2. The van der Waals surface area contributed by atoms with E-state index in [1.54, 1.807) is 50.5 Å². The summed E-state index contributed by atoms with van der Waals surface area (Å²) < 4.78 is 5.35. The molecule has 0 bridgehead atoms. The number of carbonyl (C=O) groups excluding carboxylic acids is 2. The molecule has 126 valence electrons. The van der Waals surface area contributed by atoms with Gasteiger partial charge in [-0.1, -0.05) is 23.2 Å². The van der Waals surface area contributed by atoms with Crippen LogP contribution in [0.15, 0.2) is 42.5 Å². The van der Waals surface area contributed by atoms with Crippen LogP contribution in [0.3, 0.4) is 0 Å². The molecule has 7 heteroatoms. The molecule has 0 aliphatic carbocycles. The van der Waals surface area contributed by atoms with E-state index in [1.165, 1.54) is 11.0 Å². The van der Waals surface area contributed by atoms with Crippen molar-refractivity contribution >= 4 is 40.7 Å². The number of anilines is 1. The first-order valence-corrected chi connectivity index (χ1v) is 7.82. The largest absolute Gasteiger partial charge is 0.484 e. The van der Waals surface area contributed by atoms with Crippen molar-refractivity contribution in [3.05, 3.63) is 58.1 Å². The van der Waals surface area contributed by atoms with Crippen LogP contribution in [0.2, 0.25) is 10.0 Å². The molecule has 1 N–H and O–H groups in total. The first-order chi connectivity index (χ1) is 11.4. The fourth-order valence-electron chi connectivity index (χ4n) is 1.88. The minimum absolute atomic E-state index is 0.155. The van der Waals surface area contributed by atoms with E-state index < -0.39 is 0 Å². The summed E-state index contributed by atoms with van der Waals surface area (Å²) in [5, 5.41) is 3.52. The van der Waals surface area contributed by atoms with E-state index in [1.807, 2.05) is 0 Å². The maximum Gasteiger partial charge on any atom is 0.262 e. The molecule has 2 rings (SSSR count). The second kappa shape index (κ2) is 8.04. The van der Waals surface area contributed by atoms with Crippen LogP contribution >= 0.6 is 23.2 Å². The SMILES string of the molecule is CN(C)C(=O)c1ccc(NC(=O)COc2ccc(Cl)cc2)cc1Cl. The molecule has 2 amide bonds. The summed E-state index contributed by atoms with van der Waals surface area (Å²) in [7, 11) is 3.28. The van der Waals surface area contributed by atoms with E-state index in [0.717, 1.165) is 0 Å². The van der Waals surface area contributed by atoms with Gasteiger partial charge in [-0.05, 0) is 42.5 Å². The Morgan fingerprint density at radius 3 is 2.33 bits per heavy atom. The molecule has 0 aliphatic heterocycles. The zero-order chi connectivity index (χ0) is 17.7. The highest BCUT2D eigenvalue weighted by Gasteiger charge is 2.13. The van der Waals surface area contributed by atoms with Crippen molar-refractivity contribution in [3.8, 4) is 5.75 Å². The van der Waals surface area contributed by atoms with Crippen molar-refractivity contribution in [1.29, 1.82) is 0 Å². The van der Waals surface area contributed by atoms with Crippen molar-refractivity contribution in [2.24, 2.45) is 0 Å². The lowest BCUT2D eigenvalue weighted by molar-refractivity contribution is -0.118. The molecule has 24 heavy (non-hydrogen) atoms. The van der Waals surface area contributed by atoms with Gasteiger partial charge >= 0.3 is 0 Å². The van der Waals surface area contributed by atoms with Crippen molar-refractivity contribution in [1.82, 2.24) is 4.90 Å². The van der Waals surface area contributed by atoms with Crippen LogP contribution in [0, 0.1) is 0 Å². The van der Waals surface area contributed by atoms with E-state index in [-0.39, 0.29) is 23.4 Å². The number of nitrogens with one attached hydrogen (secondary N) is 1. The summed E-state index contributed by atoms with van der Waals surface area (Å²) in [5.41, 5.74) is 0.858. The van der Waals surface area contributed by atoms with Crippen LogP contribution in [0.1, 0.15) is 10.4 Å². The van der Waals surface area contributed by atoms with Gasteiger partial charge in [0.1, 0.15) is 5.75 Å². The van der Waals surface area contributed by atoms with Gasteiger partial charge in [0.05, 0.1) is 10.6 Å². The second-order valence-electron chi connectivity index (χ2n) is 5.18. The number of hydrogen-bond acceptors (Lipinski definition) is 3. The van der Waals surface area contributed by atoms with E-state index in [2.05, 4.69) is 5.32 Å². The third kappa shape index (κ3) is 4.88. The van der Waals surface area contributed by atoms with Crippen molar-refractivity contribution in [3.63, 3.8) is 0 Å². The van der Waals surface area contributed by atoms with Gasteiger partial charge < -0.3 is 15.0 Å². The Kier molecular flexibility index (Phi) is 6.06. The molecule has 2 aromatic carbocycles. The quantitative estimate of drug-likeness (QED) is 0.877. The molecule has 0 atom stereocenters. The predicted octanol–water partition coefficient (Wildman–Crippen LogP) is 3.71. The van der Waals surface area contributed by atoms with Gasteiger partial charge in [-0.3, -0.25) is 9.59 Å². The highest BCUT2D eigenvalue weighted by molar-refractivity contribution is 6.34. The van der Waals surface area contributed by atoms with Gasteiger partial charge in [-0.15, -0.1) is 0 Å². The summed E-state index contributed by atoms with van der Waals surface area (Å²) in [6, 6.07) is 11.4. The smallest absolute Gasteiger partial charge is 0.262 e. The fourth-order valence-corrected chi connectivity index (χ4v) is 2.27. The first-order valence-electron chi connectivity index (χ1n) is 7.06. The standard InChI is InChI=1S/C17H16Cl2N2O3/c1-21(2)17(23)14-8-5-12(9-15(14)19)20-16(22)10-24-13-6-3-11(18)4-7-13/h3-9H,10H2,1-2H3,(H,20,22). The molecule has 0 heterocycles. The zero-order valence-corrected chi connectivity index (χ0v) is 14.7. The van der Waals surface area contributed by atoms with Gasteiger partial charge in [0.25, 0.3) is 11.8 Å². The van der Waals surface area contributed by atoms with Crippen LogP contribution in [-0.4, -0.2) is 37.4 Å². The average molecular weight is 367 g/mol. The van der Waals surface area contributed by atoms with Crippen LogP contribution in [-0.2, 0) is 4.79 Å². The van der Waals surface area contributed by atoms with Gasteiger partial charge in [0.15, 0.2) is 6.61 Å². The number of rotatable bonds is 5. The van der Waals surface area contributed by atoms with Crippen molar-refractivity contribution in [2.75, 3.05) is 26.0 Å². The number of ether oxygens (including phenoxy) is 1. The Bertz CT molecular complexity index is 746. The Hall–Kier alpha value is -2.24. The lowest BCUT2D eigenvalue weighted by Gasteiger charge is -2.13. The van der Waals surface area contributed by atoms with Crippen molar-refractivity contribution in [2.45, 2.75) is 0 Å². The number of nitrogens with zero attached hydrogens (tertiary/aromatic N) is 1.